The van der Waals surface area contributed by atoms with Crippen LogP contribution in [0.3, 0.4) is 0 Å². The number of aromatic nitrogens is 3. The van der Waals surface area contributed by atoms with Gasteiger partial charge in [0.15, 0.2) is 0 Å². The predicted octanol–water partition coefficient (Wildman–Crippen LogP) is 1.24. The van der Waals surface area contributed by atoms with Crippen molar-refractivity contribution in [2.24, 2.45) is 0 Å². The normalized spacial score (nSPS) is 10.4. The van der Waals surface area contributed by atoms with E-state index in [2.05, 4.69) is 30.9 Å². The van der Waals surface area contributed by atoms with E-state index in [-0.39, 0.29) is 5.95 Å². The topological polar surface area (TPSA) is 84.7 Å². The van der Waals surface area contributed by atoms with Gasteiger partial charge >= 0.3 is 5.69 Å². The largest absolute Gasteiger partial charge is 0.368 e. The molecule has 0 radical (unpaired) electrons. The summed E-state index contributed by atoms with van der Waals surface area (Å²) < 4.78 is 0.963. The van der Waals surface area contributed by atoms with Crippen LogP contribution in [0.1, 0.15) is 0 Å². The second kappa shape index (κ2) is 3.50. The van der Waals surface area contributed by atoms with Gasteiger partial charge in [-0.05, 0) is 22.0 Å². The average molecular weight is 273 g/mol. The van der Waals surface area contributed by atoms with Gasteiger partial charge in [0.25, 0.3) is 0 Å². The van der Waals surface area contributed by atoms with Crippen LogP contribution in [0.2, 0.25) is 0 Å². The van der Waals surface area contributed by atoms with E-state index < -0.39 is 5.69 Å². The third-order valence-corrected chi connectivity index (χ3v) is 3.01. The lowest BCUT2D eigenvalue weighted by Gasteiger charge is -1.96. The van der Waals surface area contributed by atoms with E-state index in [0.29, 0.717) is 5.82 Å². The van der Waals surface area contributed by atoms with E-state index in [9.17, 15) is 4.79 Å². The first-order chi connectivity index (χ1) is 6.65. The van der Waals surface area contributed by atoms with E-state index in [1.54, 1.807) is 0 Å². The molecule has 2 aromatic rings. The molecule has 0 aliphatic heterocycles. The summed E-state index contributed by atoms with van der Waals surface area (Å²) in [6.07, 6.45) is 0. The molecule has 0 fully saturated rings. The number of H-pyrrole nitrogens is 1. The van der Waals surface area contributed by atoms with E-state index in [0.717, 1.165) is 9.35 Å². The van der Waals surface area contributed by atoms with Crippen molar-refractivity contribution in [2.45, 2.75) is 0 Å². The number of nitrogens with one attached hydrogen (secondary N) is 1. The maximum absolute atomic E-state index is 11.0. The van der Waals surface area contributed by atoms with Gasteiger partial charge in [-0.15, -0.1) is 11.3 Å². The van der Waals surface area contributed by atoms with Crippen molar-refractivity contribution < 1.29 is 0 Å². The standard InChI is InChI=1S/C7H5BrN4OS/c8-4-1-3(2-14-4)5-10-6(9)12-7(13)11-5/h1-2H,(H3,9,10,11,12,13). The Balaban J connectivity index is 2.56. The maximum Gasteiger partial charge on any atom is 0.349 e. The second-order valence-electron chi connectivity index (χ2n) is 2.50. The molecular formula is C7H5BrN4OS. The average Bonchev–Trinajstić information content (AvgIpc) is 2.50. The predicted molar refractivity (Wildman–Crippen MR) is 58.1 cm³/mol. The van der Waals surface area contributed by atoms with Crippen molar-refractivity contribution in [1.82, 2.24) is 15.0 Å². The number of nitrogen functional groups attached to an aromatic ring is 1. The molecule has 0 bridgehead atoms. The molecule has 0 aliphatic rings. The molecule has 0 aliphatic carbocycles. The molecular weight excluding hydrogens is 268 g/mol. The van der Waals surface area contributed by atoms with Crippen LogP contribution in [0.4, 0.5) is 5.95 Å². The highest BCUT2D eigenvalue weighted by Gasteiger charge is 2.04. The van der Waals surface area contributed by atoms with Gasteiger partial charge in [0, 0.05) is 10.9 Å². The number of rotatable bonds is 1. The number of nitrogens with zero attached hydrogens (tertiary/aromatic N) is 2. The van der Waals surface area contributed by atoms with Crippen molar-refractivity contribution in [2.75, 3.05) is 5.73 Å². The molecule has 0 saturated carbocycles. The number of nitrogens with two attached hydrogens (primary N) is 1. The lowest BCUT2D eigenvalue weighted by atomic mass is 10.3. The summed E-state index contributed by atoms with van der Waals surface area (Å²) in [6, 6.07) is 1.85. The first-order valence-corrected chi connectivity index (χ1v) is 5.30. The summed E-state index contributed by atoms with van der Waals surface area (Å²) in [5, 5.41) is 1.86. The smallest absolute Gasteiger partial charge is 0.349 e. The first-order valence-electron chi connectivity index (χ1n) is 3.63. The molecule has 2 heterocycles. The van der Waals surface area contributed by atoms with Crippen molar-refractivity contribution >= 4 is 33.2 Å². The SMILES string of the molecule is Nc1nc(-c2csc(Br)c2)[nH]c(=O)n1. The van der Waals surface area contributed by atoms with Crippen molar-refractivity contribution in [3.8, 4) is 11.4 Å². The molecule has 0 saturated heterocycles. The molecule has 0 amide bonds. The van der Waals surface area contributed by atoms with Gasteiger partial charge in [0.05, 0.1) is 3.79 Å². The first kappa shape index (κ1) is 9.35. The lowest BCUT2D eigenvalue weighted by molar-refractivity contribution is 1.01. The Labute approximate surface area is 91.2 Å². The number of hydrogen-bond donors (Lipinski definition) is 2. The Bertz CT molecular complexity index is 520. The molecule has 14 heavy (non-hydrogen) atoms. The minimum atomic E-state index is -0.491. The maximum atomic E-state index is 11.0. The number of thiophene rings is 1. The molecule has 0 spiro atoms. The van der Waals surface area contributed by atoms with Gasteiger partial charge in [-0.25, -0.2) is 4.79 Å². The number of aromatic amines is 1. The third-order valence-electron chi connectivity index (χ3n) is 1.51. The van der Waals surface area contributed by atoms with Crippen LogP contribution in [0, 0.1) is 0 Å². The zero-order valence-corrected chi connectivity index (χ0v) is 9.22. The Kier molecular flexibility index (Phi) is 2.34. The summed E-state index contributed by atoms with van der Waals surface area (Å²) in [5.74, 6) is 0.413. The molecule has 2 rings (SSSR count). The summed E-state index contributed by atoms with van der Waals surface area (Å²) in [5.41, 5.74) is 5.68. The van der Waals surface area contributed by atoms with Crippen LogP contribution in [0.15, 0.2) is 20.0 Å². The molecule has 5 nitrogen and oxygen atoms in total. The fraction of sp³-hybridized carbons (Fsp3) is 0. The van der Waals surface area contributed by atoms with Crippen LogP contribution in [0.25, 0.3) is 11.4 Å². The molecule has 72 valence electrons. The molecule has 0 atom stereocenters. The van der Waals surface area contributed by atoms with E-state index in [1.165, 1.54) is 11.3 Å². The summed E-state index contributed by atoms with van der Waals surface area (Å²) >= 11 is 4.82. The van der Waals surface area contributed by atoms with Gasteiger partial charge in [0.2, 0.25) is 5.95 Å². The minimum absolute atomic E-state index is 0.0222. The minimum Gasteiger partial charge on any atom is -0.368 e. The van der Waals surface area contributed by atoms with Gasteiger partial charge < -0.3 is 5.73 Å². The second-order valence-corrected chi connectivity index (χ2v) is 4.79. The van der Waals surface area contributed by atoms with E-state index >= 15 is 0 Å². The monoisotopic (exact) mass is 272 g/mol. The fourth-order valence-electron chi connectivity index (χ4n) is 0.972. The molecule has 0 unspecified atom stereocenters. The van der Waals surface area contributed by atoms with Crippen LogP contribution < -0.4 is 11.4 Å². The van der Waals surface area contributed by atoms with Crippen LogP contribution in [0.5, 0.6) is 0 Å². The van der Waals surface area contributed by atoms with Crippen LogP contribution in [-0.4, -0.2) is 15.0 Å². The fourth-order valence-corrected chi connectivity index (χ4v) is 2.11. The summed E-state index contributed by atoms with van der Waals surface area (Å²) in [6.45, 7) is 0. The van der Waals surface area contributed by atoms with Crippen molar-refractivity contribution in [1.29, 1.82) is 0 Å². The van der Waals surface area contributed by atoms with Crippen molar-refractivity contribution in [3.05, 3.63) is 25.7 Å². The number of halogens is 1. The highest BCUT2D eigenvalue weighted by atomic mass is 79.9. The zero-order valence-electron chi connectivity index (χ0n) is 6.82. The van der Waals surface area contributed by atoms with Gasteiger partial charge in [0.1, 0.15) is 5.82 Å². The van der Waals surface area contributed by atoms with Crippen molar-refractivity contribution in [3.63, 3.8) is 0 Å². The third kappa shape index (κ3) is 1.83. The molecule has 7 heteroatoms. The summed E-state index contributed by atoms with van der Waals surface area (Å²) in [7, 11) is 0. The highest BCUT2D eigenvalue weighted by molar-refractivity contribution is 9.11. The molecule has 0 aromatic carbocycles. The number of hydrogen-bond acceptors (Lipinski definition) is 5. The Morgan fingerprint density at radius 1 is 1.50 bits per heavy atom. The Hall–Kier alpha value is -1.21. The van der Waals surface area contributed by atoms with E-state index in [4.69, 9.17) is 5.73 Å². The van der Waals surface area contributed by atoms with Crippen LogP contribution in [-0.2, 0) is 0 Å². The summed E-state index contributed by atoms with van der Waals surface area (Å²) in [4.78, 5) is 20.8. The molecule has 2 aromatic heterocycles. The highest BCUT2D eigenvalue weighted by Crippen LogP contribution is 2.26. The van der Waals surface area contributed by atoms with E-state index in [1.807, 2.05) is 11.4 Å². The molecule has 3 N–H and O–H groups in total. The Morgan fingerprint density at radius 2 is 2.29 bits per heavy atom. The van der Waals surface area contributed by atoms with Gasteiger partial charge in [-0.1, -0.05) is 0 Å². The Morgan fingerprint density at radius 3 is 2.86 bits per heavy atom. The lowest BCUT2D eigenvalue weighted by Crippen LogP contribution is -2.15. The van der Waals surface area contributed by atoms with Gasteiger partial charge in [-0.2, -0.15) is 9.97 Å². The zero-order chi connectivity index (χ0) is 10.1. The number of anilines is 1. The van der Waals surface area contributed by atoms with Gasteiger partial charge in [-0.3, -0.25) is 4.98 Å². The van der Waals surface area contributed by atoms with Crippen LogP contribution >= 0.6 is 27.3 Å². The quantitative estimate of drug-likeness (QED) is 0.818.